The number of alkyl halides is 3. The Kier molecular flexibility index (Phi) is 6.07. The van der Waals surface area contributed by atoms with Crippen molar-refractivity contribution >= 4 is 22.5 Å². The number of hydrogen-bond acceptors (Lipinski definition) is 4. The lowest BCUT2D eigenvalue weighted by atomic mass is 10.1. The molecule has 0 saturated heterocycles. The molecule has 0 saturated carbocycles. The van der Waals surface area contributed by atoms with Crippen LogP contribution in [0.2, 0.25) is 0 Å². The van der Waals surface area contributed by atoms with Crippen molar-refractivity contribution in [2.75, 3.05) is 5.32 Å². The fourth-order valence-electron chi connectivity index (χ4n) is 3.27. The summed E-state index contributed by atoms with van der Waals surface area (Å²) in [5.41, 5.74) is 0.233. The Morgan fingerprint density at radius 3 is 2.30 bits per heavy atom. The summed E-state index contributed by atoms with van der Waals surface area (Å²) in [6, 6.07) is 15.8. The van der Waals surface area contributed by atoms with Gasteiger partial charge in [0.2, 0.25) is 0 Å². The SMILES string of the molecule is O=C(NCc1nn(Cc2ccccn2)c(=O)c2ccccc12)Nc1ccc(C(F)(F)F)cc1. The van der Waals surface area contributed by atoms with Crippen LogP contribution in [0.5, 0.6) is 0 Å². The van der Waals surface area contributed by atoms with Gasteiger partial charge in [-0.25, -0.2) is 9.48 Å². The molecule has 0 aliphatic rings. The zero-order valence-corrected chi connectivity index (χ0v) is 17.1. The predicted molar refractivity (Wildman–Crippen MR) is 117 cm³/mol. The highest BCUT2D eigenvalue weighted by atomic mass is 19.4. The van der Waals surface area contributed by atoms with E-state index in [0.29, 0.717) is 22.2 Å². The van der Waals surface area contributed by atoms with Crippen molar-refractivity contribution in [1.29, 1.82) is 0 Å². The number of aromatic nitrogens is 3. The summed E-state index contributed by atoms with van der Waals surface area (Å²) in [5.74, 6) is 0. The van der Waals surface area contributed by atoms with Crippen LogP contribution < -0.4 is 16.2 Å². The number of benzene rings is 2. The van der Waals surface area contributed by atoms with Crippen molar-refractivity contribution in [2.24, 2.45) is 0 Å². The van der Waals surface area contributed by atoms with Crippen LogP contribution in [0.1, 0.15) is 17.0 Å². The Morgan fingerprint density at radius 2 is 1.64 bits per heavy atom. The van der Waals surface area contributed by atoms with E-state index < -0.39 is 17.8 Å². The first-order chi connectivity index (χ1) is 15.8. The molecular weight excluding hydrogens is 435 g/mol. The first-order valence-electron chi connectivity index (χ1n) is 9.92. The van der Waals surface area contributed by atoms with Crippen LogP contribution in [0.25, 0.3) is 10.8 Å². The summed E-state index contributed by atoms with van der Waals surface area (Å²) in [6.07, 6.45) is -2.83. The van der Waals surface area contributed by atoms with E-state index in [9.17, 15) is 22.8 Å². The number of rotatable bonds is 5. The van der Waals surface area contributed by atoms with Gasteiger partial charge in [0.1, 0.15) is 0 Å². The minimum atomic E-state index is -4.45. The second kappa shape index (κ2) is 9.11. The number of fused-ring (bicyclic) bond motifs is 1. The van der Waals surface area contributed by atoms with E-state index in [-0.39, 0.29) is 24.3 Å². The zero-order valence-electron chi connectivity index (χ0n) is 17.1. The summed E-state index contributed by atoms with van der Waals surface area (Å²) in [4.78, 5) is 29.4. The molecular formula is C23H18F3N5O2. The van der Waals surface area contributed by atoms with Crippen molar-refractivity contribution in [3.8, 4) is 0 Å². The Bertz CT molecular complexity index is 1340. The fourth-order valence-corrected chi connectivity index (χ4v) is 3.27. The Balaban J connectivity index is 1.52. The van der Waals surface area contributed by atoms with Gasteiger partial charge in [0.05, 0.1) is 35.4 Å². The van der Waals surface area contributed by atoms with Crippen molar-refractivity contribution < 1.29 is 18.0 Å². The number of carbonyl (C=O) groups is 1. The number of halogens is 3. The minimum absolute atomic E-state index is 0.00448. The second-order valence-electron chi connectivity index (χ2n) is 7.16. The molecule has 2 amide bonds. The first kappa shape index (κ1) is 22.0. The molecule has 0 aliphatic carbocycles. The van der Waals surface area contributed by atoms with Gasteiger partial charge in [-0.05, 0) is 42.5 Å². The van der Waals surface area contributed by atoms with Crippen LogP contribution in [0.4, 0.5) is 23.7 Å². The standard InChI is InChI=1S/C23H18F3N5O2/c24-23(25,26)15-8-10-16(11-9-15)29-22(33)28-13-20-18-6-1-2-7-19(18)21(32)31(30-20)14-17-5-3-4-12-27-17/h1-12H,13-14H2,(H2,28,29,33). The topological polar surface area (TPSA) is 88.9 Å². The lowest BCUT2D eigenvalue weighted by Crippen LogP contribution is -2.31. The van der Waals surface area contributed by atoms with Gasteiger partial charge in [-0.1, -0.05) is 24.3 Å². The molecule has 168 valence electrons. The largest absolute Gasteiger partial charge is 0.416 e. The third-order valence-corrected chi connectivity index (χ3v) is 4.87. The van der Waals surface area contributed by atoms with Gasteiger partial charge in [0.25, 0.3) is 5.56 Å². The van der Waals surface area contributed by atoms with Crippen molar-refractivity contribution in [3.63, 3.8) is 0 Å². The Labute approximate surface area is 185 Å². The molecule has 7 nitrogen and oxygen atoms in total. The van der Waals surface area contributed by atoms with E-state index in [2.05, 4.69) is 20.7 Å². The molecule has 0 spiro atoms. The summed E-state index contributed by atoms with van der Waals surface area (Å²) < 4.78 is 39.3. The number of pyridine rings is 1. The summed E-state index contributed by atoms with van der Waals surface area (Å²) in [5, 5.41) is 10.6. The molecule has 0 unspecified atom stereocenters. The minimum Gasteiger partial charge on any atom is -0.332 e. The fraction of sp³-hybridized carbons (Fsp3) is 0.130. The second-order valence-corrected chi connectivity index (χ2v) is 7.16. The van der Waals surface area contributed by atoms with Gasteiger partial charge in [0, 0.05) is 17.3 Å². The van der Waals surface area contributed by atoms with Crippen LogP contribution >= 0.6 is 0 Å². The molecule has 0 bridgehead atoms. The van der Waals surface area contributed by atoms with Gasteiger partial charge in [0.15, 0.2) is 0 Å². The molecule has 4 rings (SSSR count). The van der Waals surface area contributed by atoms with Crippen molar-refractivity contribution in [2.45, 2.75) is 19.3 Å². The van der Waals surface area contributed by atoms with Crippen LogP contribution in [0, 0.1) is 0 Å². The molecule has 0 aliphatic heterocycles. The third-order valence-electron chi connectivity index (χ3n) is 4.87. The highest BCUT2D eigenvalue weighted by Crippen LogP contribution is 2.29. The summed E-state index contributed by atoms with van der Waals surface area (Å²) in [6.45, 7) is 0.157. The number of hydrogen-bond donors (Lipinski definition) is 2. The molecule has 2 aromatic carbocycles. The molecule has 0 atom stereocenters. The Morgan fingerprint density at radius 1 is 0.939 bits per heavy atom. The Hall–Kier alpha value is -4.21. The molecule has 10 heteroatoms. The normalized spacial score (nSPS) is 11.4. The quantitative estimate of drug-likeness (QED) is 0.475. The van der Waals surface area contributed by atoms with Gasteiger partial charge in [-0.3, -0.25) is 9.78 Å². The monoisotopic (exact) mass is 453 g/mol. The molecule has 2 aromatic heterocycles. The highest BCUT2D eigenvalue weighted by Gasteiger charge is 2.30. The average Bonchev–Trinajstić information content (AvgIpc) is 2.80. The molecule has 0 fully saturated rings. The molecule has 2 N–H and O–H groups in total. The van der Waals surface area contributed by atoms with Gasteiger partial charge in [-0.2, -0.15) is 18.3 Å². The van der Waals surface area contributed by atoms with Crippen molar-refractivity contribution in [3.05, 3.63) is 100 Å². The lowest BCUT2D eigenvalue weighted by molar-refractivity contribution is -0.137. The van der Waals surface area contributed by atoms with E-state index in [0.717, 1.165) is 12.1 Å². The van der Waals surface area contributed by atoms with Gasteiger partial charge in [-0.15, -0.1) is 0 Å². The third kappa shape index (κ3) is 5.17. The smallest absolute Gasteiger partial charge is 0.332 e. The molecule has 2 heterocycles. The maximum atomic E-state index is 12.9. The number of urea groups is 1. The van der Waals surface area contributed by atoms with Gasteiger partial charge >= 0.3 is 12.2 Å². The molecule has 33 heavy (non-hydrogen) atoms. The maximum Gasteiger partial charge on any atom is 0.416 e. The van der Waals surface area contributed by atoms with E-state index in [4.69, 9.17) is 0 Å². The van der Waals surface area contributed by atoms with Crippen LogP contribution in [-0.2, 0) is 19.3 Å². The number of anilines is 1. The van der Waals surface area contributed by atoms with Crippen LogP contribution in [0.3, 0.4) is 0 Å². The lowest BCUT2D eigenvalue weighted by Gasteiger charge is -2.12. The summed E-state index contributed by atoms with van der Waals surface area (Å²) >= 11 is 0. The average molecular weight is 453 g/mol. The van der Waals surface area contributed by atoms with Crippen molar-refractivity contribution in [1.82, 2.24) is 20.1 Å². The van der Waals surface area contributed by atoms with E-state index >= 15 is 0 Å². The van der Waals surface area contributed by atoms with Gasteiger partial charge < -0.3 is 10.6 Å². The van der Waals surface area contributed by atoms with Crippen LogP contribution in [-0.4, -0.2) is 20.8 Å². The van der Waals surface area contributed by atoms with E-state index in [1.165, 1.54) is 16.8 Å². The van der Waals surface area contributed by atoms with E-state index in [1.54, 1.807) is 42.6 Å². The number of amides is 2. The molecule has 0 radical (unpaired) electrons. The molecule has 4 aromatic rings. The number of nitrogens with zero attached hydrogens (tertiary/aromatic N) is 3. The number of nitrogens with one attached hydrogen (secondary N) is 2. The predicted octanol–water partition coefficient (Wildman–Crippen LogP) is 4.18. The highest BCUT2D eigenvalue weighted by molar-refractivity contribution is 5.90. The zero-order chi connectivity index (χ0) is 23.4. The van der Waals surface area contributed by atoms with Crippen LogP contribution in [0.15, 0.2) is 77.7 Å². The first-order valence-corrected chi connectivity index (χ1v) is 9.92. The van der Waals surface area contributed by atoms with E-state index in [1.807, 2.05) is 6.07 Å². The number of carbonyl (C=O) groups excluding carboxylic acids is 1. The summed E-state index contributed by atoms with van der Waals surface area (Å²) in [7, 11) is 0. The maximum absolute atomic E-state index is 12.9.